The van der Waals surface area contributed by atoms with Gasteiger partial charge < -0.3 is 9.64 Å². The third kappa shape index (κ3) is 3.71. The van der Waals surface area contributed by atoms with Crippen LogP contribution in [0.5, 0.6) is 5.75 Å². The number of benzene rings is 1. The predicted molar refractivity (Wildman–Crippen MR) is 88.4 cm³/mol. The minimum Gasteiger partial charge on any atom is -0.494 e. The van der Waals surface area contributed by atoms with E-state index in [4.69, 9.17) is 4.74 Å². The highest BCUT2D eigenvalue weighted by molar-refractivity contribution is 6.45. The Balaban J connectivity index is 2.04. The van der Waals surface area contributed by atoms with Crippen molar-refractivity contribution in [1.29, 1.82) is 0 Å². The maximum Gasteiger partial charge on any atom is 0.335 e. The van der Waals surface area contributed by atoms with E-state index in [0.29, 0.717) is 15.4 Å². The lowest BCUT2D eigenvalue weighted by Crippen LogP contribution is -2.42. The standard InChI is InChI=1S/C17H18FN3O5/c1-4-7-20-15(23)16(24)21(17(20)25)10-14(22)19(2)9-11-5-6-13(26-3)12(18)8-11/h4-6,8H,1,7,9-10H2,2-3H3. The molecule has 2 rings (SSSR count). The van der Waals surface area contributed by atoms with Gasteiger partial charge in [0.15, 0.2) is 11.6 Å². The summed E-state index contributed by atoms with van der Waals surface area (Å²) >= 11 is 0. The molecule has 0 saturated carbocycles. The van der Waals surface area contributed by atoms with Gasteiger partial charge >= 0.3 is 17.8 Å². The third-order valence-corrected chi connectivity index (χ3v) is 3.80. The average Bonchev–Trinajstić information content (AvgIpc) is 2.80. The van der Waals surface area contributed by atoms with Crippen molar-refractivity contribution in [2.24, 2.45) is 0 Å². The van der Waals surface area contributed by atoms with Crippen LogP contribution in [0.1, 0.15) is 5.56 Å². The molecule has 138 valence electrons. The van der Waals surface area contributed by atoms with Crippen LogP contribution in [-0.2, 0) is 20.9 Å². The Hall–Kier alpha value is -3.23. The van der Waals surface area contributed by atoms with Crippen molar-refractivity contribution in [3.63, 3.8) is 0 Å². The van der Waals surface area contributed by atoms with Gasteiger partial charge in [-0.15, -0.1) is 6.58 Å². The van der Waals surface area contributed by atoms with Gasteiger partial charge in [-0.3, -0.25) is 19.3 Å². The lowest BCUT2D eigenvalue weighted by molar-refractivity contribution is -0.144. The molecule has 1 saturated heterocycles. The zero-order valence-corrected chi connectivity index (χ0v) is 14.4. The minimum absolute atomic E-state index is 0.0558. The molecule has 0 radical (unpaired) electrons. The SMILES string of the molecule is C=CCN1C(=O)C(=O)N(CC(=O)N(C)Cc2ccc(OC)c(F)c2)C1=O. The van der Waals surface area contributed by atoms with E-state index >= 15 is 0 Å². The highest BCUT2D eigenvalue weighted by atomic mass is 19.1. The fourth-order valence-corrected chi connectivity index (χ4v) is 2.41. The fourth-order valence-electron chi connectivity index (χ4n) is 2.41. The van der Waals surface area contributed by atoms with E-state index in [9.17, 15) is 23.6 Å². The van der Waals surface area contributed by atoms with Crippen LogP contribution in [-0.4, -0.2) is 65.7 Å². The summed E-state index contributed by atoms with van der Waals surface area (Å²) in [6.45, 7) is 2.77. The molecule has 1 aromatic carbocycles. The van der Waals surface area contributed by atoms with E-state index in [1.165, 1.54) is 37.3 Å². The Morgan fingerprint density at radius 2 is 1.92 bits per heavy atom. The van der Waals surface area contributed by atoms with Gasteiger partial charge in [-0.2, -0.15) is 0 Å². The Kier molecular flexibility index (Phi) is 5.71. The van der Waals surface area contributed by atoms with E-state index in [1.54, 1.807) is 6.07 Å². The van der Waals surface area contributed by atoms with Gasteiger partial charge in [-0.1, -0.05) is 12.1 Å². The number of carbonyl (C=O) groups excluding carboxylic acids is 4. The molecule has 0 aliphatic carbocycles. The van der Waals surface area contributed by atoms with Crippen LogP contribution < -0.4 is 4.74 Å². The first-order valence-corrected chi connectivity index (χ1v) is 7.64. The lowest BCUT2D eigenvalue weighted by Gasteiger charge is -2.20. The number of ether oxygens (including phenoxy) is 1. The van der Waals surface area contributed by atoms with Crippen molar-refractivity contribution < 1.29 is 28.3 Å². The van der Waals surface area contributed by atoms with Gasteiger partial charge in [0.05, 0.1) is 7.11 Å². The summed E-state index contributed by atoms with van der Waals surface area (Å²) in [7, 11) is 2.79. The van der Waals surface area contributed by atoms with E-state index in [2.05, 4.69) is 6.58 Å². The van der Waals surface area contributed by atoms with Crippen molar-refractivity contribution in [2.45, 2.75) is 6.54 Å². The summed E-state index contributed by atoms with van der Waals surface area (Å²) in [4.78, 5) is 50.5. The van der Waals surface area contributed by atoms with Crippen LogP contribution in [0.25, 0.3) is 0 Å². The van der Waals surface area contributed by atoms with E-state index in [0.717, 1.165) is 0 Å². The van der Waals surface area contributed by atoms with Crippen LogP contribution in [0.15, 0.2) is 30.9 Å². The number of urea groups is 1. The number of hydrogen-bond acceptors (Lipinski definition) is 5. The molecule has 26 heavy (non-hydrogen) atoms. The molecule has 0 spiro atoms. The van der Waals surface area contributed by atoms with Crippen molar-refractivity contribution >= 4 is 23.8 Å². The Labute approximate surface area is 149 Å². The Morgan fingerprint density at radius 3 is 2.50 bits per heavy atom. The van der Waals surface area contributed by atoms with Crippen LogP contribution in [0, 0.1) is 5.82 Å². The topological polar surface area (TPSA) is 87.2 Å². The normalized spacial score (nSPS) is 14.0. The van der Waals surface area contributed by atoms with E-state index in [1.807, 2.05) is 0 Å². The second-order valence-electron chi connectivity index (χ2n) is 5.60. The van der Waals surface area contributed by atoms with Gasteiger partial charge in [0.1, 0.15) is 6.54 Å². The fraction of sp³-hybridized carbons (Fsp3) is 0.294. The van der Waals surface area contributed by atoms with E-state index < -0.39 is 36.1 Å². The van der Waals surface area contributed by atoms with Crippen molar-refractivity contribution in [3.05, 3.63) is 42.2 Å². The molecule has 0 N–H and O–H groups in total. The predicted octanol–water partition coefficient (Wildman–Crippen LogP) is 0.769. The number of methoxy groups -OCH3 is 1. The zero-order valence-electron chi connectivity index (χ0n) is 14.4. The zero-order chi connectivity index (χ0) is 19.4. The largest absolute Gasteiger partial charge is 0.494 e. The number of amides is 5. The highest BCUT2D eigenvalue weighted by Crippen LogP contribution is 2.19. The molecule has 1 aliphatic rings. The number of imide groups is 2. The Bertz CT molecular complexity index is 780. The Morgan fingerprint density at radius 1 is 1.27 bits per heavy atom. The molecule has 8 nitrogen and oxygen atoms in total. The van der Waals surface area contributed by atoms with Crippen LogP contribution in [0.3, 0.4) is 0 Å². The molecular formula is C17H18FN3O5. The molecular weight excluding hydrogens is 345 g/mol. The minimum atomic E-state index is -1.06. The summed E-state index contributed by atoms with van der Waals surface area (Å²) in [6, 6.07) is 3.39. The smallest absolute Gasteiger partial charge is 0.335 e. The molecule has 1 aliphatic heterocycles. The first-order valence-electron chi connectivity index (χ1n) is 7.64. The van der Waals surface area contributed by atoms with Gasteiger partial charge in [-0.05, 0) is 17.7 Å². The highest BCUT2D eigenvalue weighted by Gasteiger charge is 2.44. The van der Waals surface area contributed by atoms with E-state index in [-0.39, 0.29) is 18.8 Å². The summed E-state index contributed by atoms with van der Waals surface area (Å²) in [5, 5.41) is 0. The van der Waals surface area contributed by atoms with Gasteiger partial charge in [0, 0.05) is 20.1 Å². The van der Waals surface area contributed by atoms with Crippen molar-refractivity contribution in [3.8, 4) is 5.75 Å². The number of halogens is 1. The summed E-state index contributed by atoms with van der Waals surface area (Å²) in [6.07, 6.45) is 1.30. The maximum atomic E-state index is 13.7. The van der Waals surface area contributed by atoms with Crippen LogP contribution in [0.4, 0.5) is 9.18 Å². The van der Waals surface area contributed by atoms with Gasteiger partial charge in [0.25, 0.3) is 0 Å². The number of hydrogen-bond donors (Lipinski definition) is 0. The molecule has 1 fully saturated rings. The molecule has 0 bridgehead atoms. The second-order valence-corrected chi connectivity index (χ2v) is 5.60. The molecule has 0 aromatic heterocycles. The van der Waals surface area contributed by atoms with Crippen molar-refractivity contribution in [1.82, 2.24) is 14.7 Å². The summed E-state index contributed by atoms with van der Waals surface area (Å²) < 4.78 is 18.5. The van der Waals surface area contributed by atoms with Crippen LogP contribution in [0.2, 0.25) is 0 Å². The molecule has 5 amide bonds. The number of carbonyl (C=O) groups is 4. The molecule has 1 heterocycles. The monoisotopic (exact) mass is 363 g/mol. The first kappa shape index (κ1) is 19.1. The second kappa shape index (κ2) is 7.77. The van der Waals surface area contributed by atoms with Gasteiger partial charge in [-0.25, -0.2) is 14.1 Å². The molecule has 9 heteroatoms. The van der Waals surface area contributed by atoms with Crippen LogP contribution >= 0.6 is 0 Å². The quantitative estimate of drug-likeness (QED) is 0.406. The summed E-state index contributed by atoms with van der Waals surface area (Å²) in [5.41, 5.74) is 0.502. The number of rotatable bonds is 7. The van der Waals surface area contributed by atoms with Crippen molar-refractivity contribution in [2.75, 3.05) is 27.2 Å². The van der Waals surface area contributed by atoms with Gasteiger partial charge in [0.2, 0.25) is 5.91 Å². The lowest BCUT2D eigenvalue weighted by atomic mass is 10.2. The third-order valence-electron chi connectivity index (χ3n) is 3.80. The average molecular weight is 363 g/mol. The number of likely N-dealkylation sites (N-methyl/N-ethyl adjacent to an activating group) is 1. The maximum absolute atomic E-state index is 13.7. The number of nitrogens with zero attached hydrogens (tertiary/aromatic N) is 3. The molecule has 1 aromatic rings. The summed E-state index contributed by atoms with van der Waals surface area (Å²) in [5.74, 6) is -3.12. The first-order chi connectivity index (χ1) is 12.3. The molecule has 0 atom stereocenters. The molecule has 0 unspecified atom stereocenters.